The molecule has 0 spiro atoms. The Labute approximate surface area is 292 Å². The zero-order valence-electron chi connectivity index (χ0n) is 29.7. The summed E-state index contributed by atoms with van der Waals surface area (Å²) in [6, 6.07) is 8.18. The number of benzene rings is 1. The van der Waals surface area contributed by atoms with Crippen molar-refractivity contribution in [1.82, 2.24) is 0 Å². The van der Waals surface area contributed by atoms with Gasteiger partial charge >= 0.3 is 35.8 Å². The summed E-state index contributed by atoms with van der Waals surface area (Å²) in [5, 5.41) is 0. The van der Waals surface area contributed by atoms with Gasteiger partial charge in [0.2, 0.25) is 0 Å². The lowest BCUT2D eigenvalue weighted by atomic mass is 9.93. The van der Waals surface area contributed by atoms with Crippen LogP contribution in [0.3, 0.4) is 0 Å². The smallest absolute Gasteiger partial charge is 0.303 e. The number of hydrogen-bond acceptors (Lipinski definition) is 14. The lowest BCUT2D eigenvalue weighted by molar-refractivity contribution is -0.213. The zero-order valence-corrected chi connectivity index (χ0v) is 29.7. The van der Waals surface area contributed by atoms with Crippen molar-refractivity contribution in [3.8, 4) is 0 Å². The van der Waals surface area contributed by atoms with E-state index in [1.54, 1.807) is 0 Å². The standard InChI is InChI=1S/C36H50O14/c1-21(37)43-19-29-17-34(47-25(5)41)36(48-26(6)42)31(49-29)12-8-10-28-15-13-27(14-16-28)9-7-11-30-32(45-23(3)39)18-33(46-24(4)40)35(50-30)20-44-22(2)38/h13-16,29-36H,7-12,17-20H2,1-6H3/t29-,30+,31+,32-,33-,34-,35+,36+/m0/s1. The molecule has 14 nitrogen and oxygen atoms in total. The monoisotopic (exact) mass is 706 g/mol. The van der Waals surface area contributed by atoms with Crippen LogP contribution in [0.25, 0.3) is 0 Å². The normalized spacial score (nSPS) is 26.2. The van der Waals surface area contributed by atoms with Gasteiger partial charge in [-0.3, -0.25) is 28.8 Å². The fourth-order valence-corrected chi connectivity index (χ4v) is 6.33. The summed E-state index contributed by atoms with van der Waals surface area (Å²) in [4.78, 5) is 70.0. The van der Waals surface area contributed by atoms with Gasteiger partial charge < -0.3 is 37.9 Å². The molecule has 2 fully saturated rings. The molecular weight excluding hydrogens is 656 g/mol. The number of esters is 6. The molecule has 0 aliphatic carbocycles. The third kappa shape index (κ3) is 14.1. The molecule has 1 aromatic rings. The van der Waals surface area contributed by atoms with Crippen LogP contribution in [0.4, 0.5) is 0 Å². The van der Waals surface area contributed by atoms with Gasteiger partial charge in [-0.1, -0.05) is 24.3 Å². The van der Waals surface area contributed by atoms with E-state index in [9.17, 15) is 28.8 Å². The molecule has 0 aromatic heterocycles. The summed E-state index contributed by atoms with van der Waals surface area (Å²) < 4.78 is 44.6. The number of hydrogen-bond donors (Lipinski definition) is 0. The Balaban J connectivity index is 1.56. The highest BCUT2D eigenvalue weighted by Gasteiger charge is 2.43. The Morgan fingerprint density at radius 3 is 1.50 bits per heavy atom. The van der Waals surface area contributed by atoms with Crippen LogP contribution >= 0.6 is 0 Å². The Kier molecular flexibility index (Phi) is 16.1. The third-order valence-electron chi connectivity index (χ3n) is 8.35. The molecule has 0 radical (unpaired) electrons. The Morgan fingerprint density at radius 1 is 0.540 bits per heavy atom. The molecule has 0 bridgehead atoms. The summed E-state index contributed by atoms with van der Waals surface area (Å²) >= 11 is 0. The molecule has 0 saturated carbocycles. The van der Waals surface area contributed by atoms with Gasteiger partial charge in [-0.25, -0.2) is 0 Å². The van der Waals surface area contributed by atoms with E-state index in [4.69, 9.17) is 37.9 Å². The van der Waals surface area contributed by atoms with Crippen LogP contribution < -0.4 is 0 Å². The van der Waals surface area contributed by atoms with E-state index in [1.807, 2.05) is 24.3 Å². The van der Waals surface area contributed by atoms with Crippen molar-refractivity contribution in [3.05, 3.63) is 35.4 Å². The van der Waals surface area contributed by atoms with E-state index >= 15 is 0 Å². The molecule has 8 atom stereocenters. The molecule has 0 N–H and O–H groups in total. The minimum absolute atomic E-state index is 0.00120. The quantitative estimate of drug-likeness (QED) is 0.180. The molecule has 0 amide bonds. The highest BCUT2D eigenvalue weighted by Crippen LogP contribution is 2.31. The van der Waals surface area contributed by atoms with Gasteiger partial charge in [-0.2, -0.15) is 0 Å². The van der Waals surface area contributed by atoms with Crippen LogP contribution in [-0.4, -0.2) is 97.9 Å². The van der Waals surface area contributed by atoms with Crippen LogP contribution in [0.2, 0.25) is 0 Å². The Hall–Kier alpha value is -4.04. The number of ether oxygens (including phenoxy) is 8. The van der Waals surface area contributed by atoms with Gasteiger partial charge in [0.25, 0.3) is 0 Å². The van der Waals surface area contributed by atoms with E-state index in [-0.39, 0.29) is 26.1 Å². The van der Waals surface area contributed by atoms with Crippen molar-refractivity contribution in [2.24, 2.45) is 0 Å². The molecule has 14 heteroatoms. The largest absolute Gasteiger partial charge is 0.463 e. The van der Waals surface area contributed by atoms with E-state index in [1.165, 1.54) is 41.5 Å². The van der Waals surface area contributed by atoms with Crippen LogP contribution in [0.5, 0.6) is 0 Å². The highest BCUT2D eigenvalue weighted by molar-refractivity contribution is 5.68. The molecule has 3 rings (SSSR count). The third-order valence-corrected chi connectivity index (χ3v) is 8.35. The first kappa shape index (κ1) is 40.4. The zero-order chi connectivity index (χ0) is 36.8. The van der Waals surface area contributed by atoms with Crippen molar-refractivity contribution in [2.45, 2.75) is 142 Å². The summed E-state index contributed by atoms with van der Waals surface area (Å²) in [6.45, 7) is 7.67. The summed E-state index contributed by atoms with van der Waals surface area (Å²) in [7, 11) is 0. The highest BCUT2D eigenvalue weighted by atomic mass is 16.6. The van der Waals surface area contributed by atoms with Gasteiger partial charge in [0.15, 0.2) is 6.10 Å². The molecule has 2 saturated heterocycles. The number of carbonyl (C=O) groups is 6. The van der Waals surface area contributed by atoms with Crippen LogP contribution in [0.1, 0.15) is 91.2 Å². The van der Waals surface area contributed by atoms with Gasteiger partial charge in [0, 0.05) is 54.4 Å². The summed E-state index contributed by atoms with van der Waals surface area (Å²) in [5.74, 6) is -2.94. The topological polar surface area (TPSA) is 176 Å². The lowest BCUT2D eigenvalue weighted by Crippen LogP contribution is -2.52. The second kappa shape index (κ2) is 20.0. The van der Waals surface area contributed by atoms with Crippen molar-refractivity contribution < 1.29 is 66.7 Å². The molecular formula is C36H50O14. The van der Waals surface area contributed by atoms with E-state index in [0.29, 0.717) is 25.7 Å². The average molecular weight is 707 g/mol. The SMILES string of the molecule is CC(=O)OC[C@@H]1C[C@H](OC(C)=O)[C@H](OC(C)=O)[C@@H](CCCc2ccc(CCC[C@H]3O[C@H](COC(C)=O)[C@@H](OC(C)=O)C[C@@H]3OC(C)=O)cc2)O1. The first-order valence-electron chi connectivity index (χ1n) is 17.0. The molecule has 0 unspecified atom stereocenters. The van der Waals surface area contributed by atoms with Gasteiger partial charge in [-0.05, 0) is 49.7 Å². The first-order valence-corrected chi connectivity index (χ1v) is 17.0. The summed E-state index contributed by atoms with van der Waals surface area (Å²) in [5.41, 5.74) is 2.20. The molecule has 2 aliphatic rings. The molecule has 2 aliphatic heterocycles. The van der Waals surface area contributed by atoms with E-state index in [2.05, 4.69) is 0 Å². The second-order valence-electron chi connectivity index (χ2n) is 12.7. The van der Waals surface area contributed by atoms with Gasteiger partial charge in [0.05, 0.1) is 18.3 Å². The number of carbonyl (C=O) groups excluding carboxylic acids is 6. The second-order valence-corrected chi connectivity index (χ2v) is 12.7. The van der Waals surface area contributed by atoms with E-state index in [0.717, 1.165) is 24.0 Å². The maximum absolute atomic E-state index is 11.9. The van der Waals surface area contributed by atoms with Crippen molar-refractivity contribution in [3.63, 3.8) is 0 Å². The predicted octanol–water partition coefficient (Wildman–Crippen LogP) is 3.50. The van der Waals surface area contributed by atoms with Crippen LogP contribution in [0, 0.1) is 0 Å². The van der Waals surface area contributed by atoms with E-state index < -0.39 is 84.6 Å². The summed E-state index contributed by atoms with van der Waals surface area (Å²) in [6.07, 6.45) is -0.727. The van der Waals surface area contributed by atoms with Gasteiger partial charge in [-0.15, -0.1) is 0 Å². The van der Waals surface area contributed by atoms with Gasteiger partial charge in [0.1, 0.15) is 37.6 Å². The fourth-order valence-electron chi connectivity index (χ4n) is 6.33. The number of rotatable bonds is 16. The first-order chi connectivity index (χ1) is 23.7. The number of aryl methyl sites for hydroxylation is 2. The maximum Gasteiger partial charge on any atom is 0.303 e. The molecule has 2 heterocycles. The Morgan fingerprint density at radius 2 is 1.00 bits per heavy atom. The average Bonchev–Trinajstić information content (AvgIpc) is 3.01. The fraction of sp³-hybridized carbons (Fsp3) is 0.667. The minimum atomic E-state index is -0.787. The maximum atomic E-state index is 11.9. The Bertz CT molecular complexity index is 1310. The minimum Gasteiger partial charge on any atom is -0.463 e. The predicted molar refractivity (Wildman–Crippen MR) is 174 cm³/mol. The van der Waals surface area contributed by atoms with Crippen molar-refractivity contribution in [1.29, 1.82) is 0 Å². The molecule has 1 aromatic carbocycles. The lowest BCUT2D eigenvalue weighted by Gasteiger charge is -2.40. The molecule has 278 valence electrons. The van der Waals surface area contributed by atoms with Crippen molar-refractivity contribution in [2.75, 3.05) is 13.2 Å². The van der Waals surface area contributed by atoms with Crippen LogP contribution in [0.15, 0.2) is 24.3 Å². The van der Waals surface area contributed by atoms with Crippen LogP contribution in [-0.2, 0) is 79.5 Å². The molecule has 50 heavy (non-hydrogen) atoms. The van der Waals surface area contributed by atoms with Crippen molar-refractivity contribution >= 4 is 35.8 Å².